The van der Waals surface area contributed by atoms with Gasteiger partial charge in [-0.2, -0.15) is 17.5 Å². The molecule has 2 aromatic rings. The molecule has 0 N–H and O–H groups in total. The average molecular weight is 365 g/mol. The van der Waals surface area contributed by atoms with E-state index < -0.39 is 41.9 Å². The van der Waals surface area contributed by atoms with Gasteiger partial charge in [0, 0.05) is 0 Å². The third-order valence-corrected chi connectivity index (χ3v) is 5.87. The van der Waals surface area contributed by atoms with Crippen molar-refractivity contribution in [3.8, 4) is 0 Å². The van der Waals surface area contributed by atoms with Crippen LogP contribution in [0.15, 0.2) is 28.6 Å². The van der Waals surface area contributed by atoms with Gasteiger partial charge in [-0.1, -0.05) is 0 Å². The largest absolute Gasteiger partial charge is 0.406 e. The zero-order chi connectivity index (χ0) is 16.8. The number of hydrogen-bond acceptors (Lipinski definition) is 5. The van der Waals surface area contributed by atoms with Crippen molar-refractivity contribution in [2.75, 3.05) is 19.8 Å². The number of rotatable bonds is 3. The summed E-state index contributed by atoms with van der Waals surface area (Å²) >= 11 is 1.25. The van der Waals surface area contributed by atoms with Gasteiger partial charge < -0.3 is 4.90 Å². The molecule has 11 heteroatoms. The lowest BCUT2D eigenvalue weighted by molar-refractivity contribution is -0.157. The number of hydrogen-bond donors (Lipinski definition) is 0. The van der Waals surface area contributed by atoms with Crippen LogP contribution < -0.4 is 0 Å². The lowest BCUT2D eigenvalue weighted by Crippen LogP contribution is -2.37. The van der Waals surface area contributed by atoms with Crippen LogP contribution in [-0.4, -0.2) is 54.4 Å². The van der Waals surface area contributed by atoms with Gasteiger partial charge in [0.2, 0.25) is 15.9 Å². The summed E-state index contributed by atoms with van der Waals surface area (Å²) in [5.74, 6) is -0.871. The van der Waals surface area contributed by atoms with Crippen molar-refractivity contribution in [1.29, 1.82) is 0 Å². The summed E-state index contributed by atoms with van der Waals surface area (Å²) in [4.78, 5) is 16.1. The summed E-state index contributed by atoms with van der Waals surface area (Å²) in [5, 5.41) is 0. The first kappa shape index (κ1) is 16.1. The number of nitrogens with zero attached hydrogens (tertiary/aromatic N) is 3. The second-order valence-electron chi connectivity index (χ2n) is 4.95. The van der Waals surface area contributed by atoms with Gasteiger partial charge in [-0.3, -0.25) is 4.79 Å². The number of aromatic nitrogens is 1. The smallest absolute Gasteiger partial charge is 0.318 e. The number of alkyl halides is 3. The SMILES string of the molecule is O=C1CN(S(=O)(=O)c2ccc3ncsc3c2)CN1CC(F)(F)F. The summed E-state index contributed by atoms with van der Waals surface area (Å²) in [5.41, 5.74) is 2.19. The Hall–Kier alpha value is -1.72. The predicted octanol–water partition coefficient (Wildman–Crippen LogP) is 1.65. The van der Waals surface area contributed by atoms with E-state index in [0.717, 1.165) is 4.31 Å². The molecule has 2 heterocycles. The fourth-order valence-electron chi connectivity index (χ4n) is 2.23. The van der Waals surface area contributed by atoms with E-state index in [-0.39, 0.29) is 4.90 Å². The van der Waals surface area contributed by atoms with Crippen molar-refractivity contribution in [1.82, 2.24) is 14.2 Å². The summed E-state index contributed by atoms with van der Waals surface area (Å²) in [6.45, 7) is -2.67. The topological polar surface area (TPSA) is 70.6 Å². The van der Waals surface area contributed by atoms with E-state index in [2.05, 4.69) is 4.98 Å². The summed E-state index contributed by atoms with van der Waals surface area (Å²) in [7, 11) is -4.05. The van der Waals surface area contributed by atoms with Crippen LogP contribution in [-0.2, 0) is 14.8 Å². The highest BCUT2D eigenvalue weighted by Gasteiger charge is 2.41. The van der Waals surface area contributed by atoms with Gasteiger partial charge in [0.1, 0.15) is 6.54 Å². The van der Waals surface area contributed by atoms with Crippen molar-refractivity contribution in [3.05, 3.63) is 23.7 Å². The summed E-state index contributed by atoms with van der Waals surface area (Å²) in [6.07, 6.45) is -4.57. The van der Waals surface area contributed by atoms with Crippen LogP contribution in [0, 0.1) is 0 Å². The Morgan fingerprint density at radius 2 is 2.04 bits per heavy atom. The Morgan fingerprint density at radius 1 is 1.30 bits per heavy atom. The molecule has 0 atom stereocenters. The van der Waals surface area contributed by atoms with E-state index in [1.807, 2.05) is 0 Å². The quantitative estimate of drug-likeness (QED) is 0.829. The van der Waals surface area contributed by atoms with Crippen molar-refractivity contribution >= 4 is 37.5 Å². The molecule has 0 unspecified atom stereocenters. The van der Waals surface area contributed by atoms with Gasteiger partial charge in [0.25, 0.3) is 0 Å². The van der Waals surface area contributed by atoms with Crippen LogP contribution in [0.3, 0.4) is 0 Å². The van der Waals surface area contributed by atoms with Crippen LogP contribution in [0.5, 0.6) is 0 Å². The maximum Gasteiger partial charge on any atom is 0.406 e. The zero-order valence-corrected chi connectivity index (χ0v) is 13.1. The molecule has 1 saturated heterocycles. The molecule has 1 aliphatic rings. The number of fused-ring (bicyclic) bond motifs is 1. The number of carbonyl (C=O) groups is 1. The monoisotopic (exact) mass is 365 g/mol. The molecule has 1 aromatic heterocycles. The minimum absolute atomic E-state index is 0.0732. The van der Waals surface area contributed by atoms with E-state index in [1.54, 1.807) is 5.51 Å². The van der Waals surface area contributed by atoms with Gasteiger partial charge in [0.05, 0.1) is 33.8 Å². The number of carbonyl (C=O) groups excluding carboxylic acids is 1. The van der Waals surface area contributed by atoms with E-state index in [0.29, 0.717) is 15.1 Å². The van der Waals surface area contributed by atoms with E-state index >= 15 is 0 Å². The number of amides is 1. The van der Waals surface area contributed by atoms with Gasteiger partial charge in [-0.25, -0.2) is 13.4 Å². The lowest BCUT2D eigenvalue weighted by atomic mass is 10.3. The minimum atomic E-state index is -4.57. The maximum absolute atomic E-state index is 12.5. The standard InChI is InChI=1S/C12H10F3N3O3S2/c13-12(14,15)5-17-7-18(4-11(17)19)23(20,21)8-1-2-9-10(3-8)22-6-16-9/h1-3,6H,4-5,7H2. The van der Waals surface area contributed by atoms with Crippen molar-refractivity contribution in [3.63, 3.8) is 0 Å². The van der Waals surface area contributed by atoms with Crippen LogP contribution in [0.4, 0.5) is 13.2 Å². The molecule has 0 saturated carbocycles. The van der Waals surface area contributed by atoms with E-state index in [4.69, 9.17) is 0 Å². The van der Waals surface area contributed by atoms with E-state index in [9.17, 15) is 26.4 Å². The first-order chi connectivity index (χ1) is 10.7. The van der Waals surface area contributed by atoms with E-state index in [1.165, 1.54) is 29.5 Å². The number of thiazole rings is 1. The fourth-order valence-corrected chi connectivity index (χ4v) is 4.40. The van der Waals surface area contributed by atoms with Gasteiger partial charge in [-0.15, -0.1) is 11.3 Å². The number of sulfonamides is 1. The Bertz CT molecular complexity index is 863. The van der Waals surface area contributed by atoms with Crippen LogP contribution in [0.1, 0.15) is 0 Å². The normalized spacial score (nSPS) is 17.3. The molecule has 1 amide bonds. The third-order valence-electron chi connectivity index (χ3n) is 3.30. The van der Waals surface area contributed by atoms with Crippen LogP contribution in [0.25, 0.3) is 10.2 Å². The Morgan fingerprint density at radius 3 is 2.74 bits per heavy atom. The summed E-state index contributed by atoms with van der Waals surface area (Å²) < 4.78 is 63.6. The van der Waals surface area contributed by atoms with Crippen LogP contribution >= 0.6 is 11.3 Å². The molecule has 1 aromatic carbocycles. The van der Waals surface area contributed by atoms with Gasteiger partial charge in [0.15, 0.2) is 0 Å². The molecule has 1 aliphatic heterocycles. The molecule has 3 rings (SSSR count). The van der Waals surface area contributed by atoms with Gasteiger partial charge >= 0.3 is 6.18 Å². The number of halogens is 3. The van der Waals surface area contributed by atoms with Crippen molar-refractivity contribution in [2.45, 2.75) is 11.1 Å². The third kappa shape index (κ3) is 3.16. The highest BCUT2D eigenvalue weighted by Crippen LogP contribution is 2.26. The highest BCUT2D eigenvalue weighted by molar-refractivity contribution is 7.89. The van der Waals surface area contributed by atoms with Gasteiger partial charge in [-0.05, 0) is 18.2 Å². The lowest BCUT2D eigenvalue weighted by Gasteiger charge is -2.19. The second kappa shape index (κ2) is 5.42. The minimum Gasteiger partial charge on any atom is -0.318 e. The van der Waals surface area contributed by atoms with Crippen molar-refractivity contribution < 1.29 is 26.4 Å². The first-order valence-electron chi connectivity index (χ1n) is 6.35. The molecule has 0 bridgehead atoms. The first-order valence-corrected chi connectivity index (χ1v) is 8.67. The Labute approximate surface area is 133 Å². The van der Waals surface area contributed by atoms with Crippen LogP contribution in [0.2, 0.25) is 0 Å². The zero-order valence-electron chi connectivity index (χ0n) is 11.4. The molecule has 124 valence electrons. The molecular formula is C12H10F3N3O3S2. The molecule has 1 fully saturated rings. The molecule has 0 radical (unpaired) electrons. The predicted molar refractivity (Wildman–Crippen MR) is 76.1 cm³/mol. The number of benzene rings is 1. The summed E-state index contributed by atoms with van der Waals surface area (Å²) in [6, 6.07) is 4.25. The maximum atomic E-state index is 12.5. The molecule has 6 nitrogen and oxygen atoms in total. The second-order valence-corrected chi connectivity index (χ2v) is 7.77. The molecule has 23 heavy (non-hydrogen) atoms. The fraction of sp³-hybridized carbons (Fsp3) is 0.333. The average Bonchev–Trinajstić information content (AvgIpc) is 3.04. The Balaban J connectivity index is 1.87. The van der Waals surface area contributed by atoms with Crippen molar-refractivity contribution in [2.24, 2.45) is 0 Å². The molecule has 0 aliphatic carbocycles. The Kier molecular flexibility index (Phi) is 3.81. The molecular weight excluding hydrogens is 355 g/mol. The molecule has 0 spiro atoms. The highest BCUT2D eigenvalue weighted by atomic mass is 32.2.